The average molecular weight is 524 g/mol. The molecule has 37 heavy (non-hydrogen) atoms. The molecule has 4 aromatic rings. The molecular formula is C28H24F3N3O2S. The molecule has 0 bridgehead atoms. The summed E-state index contributed by atoms with van der Waals surface area (Å²) in [5.74, 6) is -1.78. The Balaban J connectivity index is 1.30. The Labute approximate surface area is 216 Å². The SMILES string of the molecule is CSc1c(Oc2ccc(F)c(C3NC=C([C@@]4(C)CCOc5ccccc54)N3)c2)c(F)c(F)c2[nH]ccc12. The zero-order valence-corrected chi connectivity index (χ0v) is 20.9. The molecule has 2 aliphatic heterocycles. The Morgan fingerprint density at radius 2 is 1.92 bits per heavy atom. The number of ether oxygens (including phenoxy) is 2. The first-order valence-corrected chi connectivity index (χ1v) is 13.1. The predicted octanol–water partition coefficient (Wildman–Crippen LogP) is 6.87. The third-order valence-electron chi connectivity index (χ3n) is 7.14. The molecule has 1 unspecified atom stereocenters. The van der Waals surface area contributed by atoms with Crippen LogP contribution < -0.4 is 20.1 Å². The van der Waals surface area contributed by atoms with Gasteiger partial charge >= 0.3 is 0 Å². The van der Waals surface area contributed by atoms with E-state index >= 15 is 0 Å². The summed E-state index contributed by atoms with van der Waals surface area (Å²) >= 11 is 1.25. The quantitative estimate of drug-likeness (QED) is 0.249. The first kappa shape index (κ1) is 23.7. The number of allylic oxidation sites excluding steroid dienone is 1. The van der Waals surface area contributed by atoms with Gasteiger partial charge in [-0.05, 0) is 49.9 Å². The molecule has 2 atom stereocenters. The lowest BCUT2D eigenvalue weighted by Crippen LogP contribution is -2.37. The molecule has 3 N–H and O–H groups in total. The first-order chi connectivity index (χ1) is 17.9. The van der Waals surface area contributed by atoms with E-state index < -0.39 is 23.6 Å². The molecule has 6 rings (SSSR count). The van der Waals surface area contributed by atoms with Gasteiger partial charge in [0.15, 0.2) is 11.6 Å². The van der Waals surface area contributed by atoms with Gasteiger partial charge in [-0.25, -0.2) is 8.78 Å². The maximum Gasteiger partial charge on any atom is 0.204 e. The third-order valence-corrected chi connectivity index (χ3v) is 7.96. The Kier molecular flexibility index (Phi) is 5.75. The van der Waals surface area contributed by atoms with Gasteiger partial charge in [0.1, 0.15) is 23.5 Å². The zero-order chi connectivity index (χ0) is 25.7. The van der Waals surface area contributed by atoms with Crippen LogP contribution in [0, 0.1) is 17.5 Å². The van der Waals surface area contributed by atoms with Crippen molar-refractivity contribution in [1.29, 1.82) is 0 Å². The first-order valence-electron chi connectivity index (χ1n) is 11.9. The van der Waals surface area contributed by atoms with Crippen molar-refractivity contribution in [3.8, 4) is 17.2 Å². The van der Waals surface area contributed by atoms with Crippen LogP contribution in [0.15, 0.2) is 71.5 Å². The number of thioether (sulfide) groups is 1. The van der Waals surface area contributed by atoms with Crippen molar-refractivity contribution in [2.45, 2.75) is 29.8 Å². The van der Waals surface area contributed by atoms with Crippen molar-refractivity contribution >= 4 is 22.7 Å². The maximum absolute atomic E-state index is 15.0. The predicted molar refractivity (Wildman–Crippen MR) is 137 cm³/mol. The smallest absolute Gasteiger partial charge is 0.204 e. The lowest BCUT2D eigenvalue weighted by molar-refractivity contribution is 0.237. The van der Waals surface area contributed by atoms with Crippen LogP contribution in [0.1, 0.15) is 30.6 Å². The van der Waals surface area contributed by atoms with E-state index in [0.717, 1.165) is 23.4 Å². The number of para-hydroxylation sites is 1. The number of fused-ring (bicyclic) bond motifs is 2. The van der Waals surface area contributed by atoms with Crippen molar-refractivity contribution in [3.63, 3.8) is 0 Å². The number of nitrogens with one attached hydrogen (secondary N) is 3. The fourth-order valence-corrected chi connectivity index (χ4v) is 5.82. The molecular weight excluding hydrogens is 499 g/mol. The molecule has 3 aromatic carbocycles. The van der Waals surface area contributed by atoms with E-state index in [9.17, 15) is 13.2 Å². The zero-order valence-electron chi connectivity index (χ0n) is 20.1. The summed E-state index contributed by atoms with van der Waals surface area (Å²) in [6.45, 7) is 2.70. The van der Waals surface area contributed by atoms with Crippen LogP contribution in [0.5, 0.6) is 17.2 Å². The summed E-state index contributed by atoms with van der Waals surface area (Å²) in [6, 6.07) is 13.7. The highest BCUT2D eigenvalue weighted by Gasteiger charge is 2.40. The van der Waals surface area contributed by atoms with E-state index in [-0.39, 0.29) is 22.4 Å². The number of halogens is 3. The van der Waals surface area contributed by atoms with Gasteiger partial charge in [0, 0.05) is 40.0 Å². The van der Waals surface area contributed by atoms with Crippen molar-refractivity contribution < 1.29 is 22.6 Å². The lowest BCUT2D eigenvalue weighted by Gasteiger charge is -2.37. The summed E-state index contributed by atoms with van der Waals surface area (Å²) in [5, 5.41) is 7.15. The average Bonchev–Trinajstić information content (AvgIpc) is 3.60. The van der Waals surface area contributed by atoms with E-state index in [4.69, 9.17) is 9.47 Å². The van der Waals surface area contributed by atoms with Crippen LogP contribution in [-0.4, -0.2) is 17.8 Å². The molecule has 0 fully saturated rings. The number of H-pyrrole nitrogens is 1. The Bertz CT molecular complexity index is 1550. The van der Waals surface area contributed by atoms with Crippen molar-refractivity contribution in [3.05, 3.63) is 95.2 Å². The molecule has 5 nitrogen and oxygen atoms in total. The van der Waals surface area contributed by atoms with Gasteiger partial charge in [-0.15, -0.1) is 11.8 Å². The minimum atomic E-state index is -1.10. The van der Waals surface area contributed by atoms with Crippen LogP contribution in [0.25, 0.3) is 10.9 Å². The lowest BCUT2D eigenvalue weighted by atomic mass is 9.75. The molecule has 0 amide bonds. The van der Waals surface area contributed by atoms with Crippen LogP contribution in [-0.2, 0) is 5.41 Å². The number of benzene rings is 3. The van der Waals surface area contributed by atoms with E-state index in [2.05, 4.69) is 22.5 Å². The summed E-state index contributed by atoms with van der Waals surface area (Å²) in [6.07, 6.45) is 5.36. The second-order valence-electron chi connectivity index (χ2n) is 9.27. The molecule has 190 valence electrons. The molecule has 2 aliphatic rings. The summed E-state index contributed by atoms with van der Waals surface area (Å²) < 4.78 is 56.3. The minimum Gasteiger partial charge on any atom is -0.493 e. The van der Waals surface area contributed by atoms with Gasteiger partial charge in [-0.3, -0.25) is 0 Å². The molecule has 1 aromatic heterocycles. The van der Waals surface area contributed by atoms with Gasteiger partial charge in [0.2, 0.25) is 5.82 Å². The minimum absolute atomic E-state index is 0.0788. The van der Waals surface area contributed by atoms with Gasteiger partial charge < -0.3 is 25.1 Å². The van der Waals surface area contributed by atoms with Crippen LogP contribution >= 0.6 is 11.8 Å². The molecule has 3 heterocycles. The number of hydrogen-bond acceptors (Lipinski definition) is 5. The van der Waals surface area contributed by atoms with E-state index in [1.165, 1.54) is 30.0 Å². The monoisotopic (exact) mass is 523 g/mol. The van der Waals surface area contributed by atoms with Crippen molar-refractivity contribution in [1.82, 2.24) is 15.6 Å². The largest absolute Gasteiger partial charge is 0.493 e. The molecule has 0 saturated heterocycles. The van der Waals surface area contributed by atoms with E-state index in [1.807, 2.05) is 30.5 Å². The molecule has 0 aliphatic carbocycles. The van der Waals surface area contributed by atoms with Gasteiger partial charge in [0.25, 0.3) is 0 Å². The number of hydrogen-bond donors (Lipinski definition) is 3. The maximum atomic E-state index is 15.0. The standard InChI is InChI=1S/C28H24F3N3O2S/c1-28(10-12-35-20-6-4-3-5-18(20)28)21-14-33-27(34-21)17-13-15(7-8-19(17)29)36-25-23(31)22(30)24-16(9-11-32-24)26(25)37-2/h3-9,11,13-14,27,32-34H,10,12H2,1-2H3/t27?,28-/m0/s1. The molecule has 0 spiro atoms. The van der Waals surface area contributed by atoms with Gasteiger partial charge in [-0.1, -0.05) is 18.2 Å². The Morgan fingerprint density at radius 1 is 1.08 bits per heavy atom. The van der Waals surface area contributed by atoms with Gasteiger partial charge in [-0.2, -0.15) is 4.39 Å². The second kappa shape index (κ2) is 8.99. The summed E-state index contributed by atoms with van der Waals surface area (Å²) in [5.41, 5.74) is 2.00. The van der Waals surface area contributed by atoms with Crippen molar-refractivity contribution in [2.75, 3.05) is 12.9 Å². The highest BCUT2D eigenvalue weighted by atomic mass is 32.2. The Morgan fingerprint density at radius 3 is 2.76 bits per heavy atom. The van der Waals surface area contributed by atoms with E-state index in [0.29, 0.717) is 22.5 Å². The fourth-order valence-electron chi connectivity index (χ4n) is 5.11. The van der Waals surface area contributed by atoms with Crippen LogP contribution in [0.4, 0.5) is 13.2 Å². The Hall–Kier alpha value is -3.72. The van der Waals surface area contributed by atoms with Crippen LogP contribution in [0.2, 0.25) is 0 Å². The molecule has 0 saturated carbocycles. The highest BCUT2D eigenvalue weighted by Crippen LogP contribution is 2.45. The topological polar surface area (TPSA) is 58.3 Å². The second-order valence-corrected chi connectivity index (χ2v) is 10.1. The number of rotatable bonds is 5. The summed E-state index contributed by atoms with van der Waals surface area (Å²) in [7, 11) is 0. The molecule has 9 heteroatoms. The fraction of sp³-hybridized carbons (Fsp3) is 0.214. The number of aromatic nitrogens is 1. The van der Waals surface area contributed by atoms with Crippen LogP contribution in [0.3, 0.4) is 0 Å². The van der Waals surface area contributed by atoms with Crippen molar-refractivity contribution in [2.24, 2.45) is 0 Å². The van der Waals surface area contributed by atoms with Gasteiger partial charge in [0.05, 0.1) is 17.0 Å². The highest BCUT2D eigenvalue weighted by molar-refractivity contribution is 7.99. The van der Waals surface area contributed by atoms with E-state index in [1.54, 1.807) is 18.5 Å². The summed E-state index contributed by atoms with van der Waals surface area (Å²) in [4.78, 5) is 3.18. The third kappa shape index (κ3) is 3.80. The number of aromatic amines is 1. The normalized spacial score (nSPS) is 20.6. The molecule has 0 radical (unpaired) electrons.